The van der Waals surface area contributed by atoms with Gasteiger partial charge in [-0.05, 0) is 31.4 Å². The lowest BCUT2D eigenvalue weighted by Crippen LogP contribution is -2.51. The van der Waals surface area contributed by atoms with Crippen molar-refractivity contribution in [1.29, 1.82) is 0 Å². The molecule has 0 aromatic carbocycles. The molecule has 5 heteroatoms. The van der Waals surface area contributed by atoms with Gasteiger partial charge in [-0.3, -0.25) is 4.90 Å². The number of rotatable bonds is 3. The van der Waals surface area contributed by atoms with Crippen LogP contribution in [0.3, 0.4) is 0 Å². The van der Waals surface area contributed by atoms with E-state index in [9.17, 15) is 0 Å². The molecule has 2 nitrogen and oxygen atoms in total. The van der Waals surface area contributed by atoms with Crippen LogP contribution in [0, 0.1) is 0 Å². The monoisotopic (exact) mass is 316 g/mol. The Morgan fingerprint density at radius 3 is 2.68 bits per heavy atom. The molecule has 0 aromatic rings. The summed E-state index contributed by atoms with van der Waals surface area (Å²) in [6.45, 7) is 2.36. The van der Waals surface area contributed by atoms with E-state index in [0.717, 1.165) is 28.2 Å². The summed E-state index contributed by atoms with van der Waals surface area (Å²) < 4.78 is 1.15. The minimum atomic E-state index is 0.729. The molecule has 1 atom stereocenters. The van der Waals surface area contributed by atoms with Gasteiger partial charge in [0.1, 0.15) is 4.32 Å². The van der Waals surface area contributed by atoms with Crippen molar-refractivity contribution in [2.24, 2.45) is 0 Å². The summed E-state index contributed by atoms with van der Waals surface area (Å²) in [4.78, 5) is 5.15. The quantitative estimate of drug-likeness (QED) is 0.729. The normalized spacial score (nSPS) is 31.1. The highest BCUT2D eigenvalue weighted by Crippen LogP contribution is 2.31. The summed E-state index contributed by atoms with van der Waals surface area (Å²) in [6, 6.07) is 0.729. The summed E-state index contributed by atoms with van der Waals surface area (Å²) in [5.74, 6) is 2.48. The average molecular weight is 317 g/mol. The second-order valence-corrected chi connectivity index (χ2v) is 8.92. The third-order valence-corrected chi connectivity index (χ3v) is 7.40. The molecule has 1 saturated carbocycles. The lowest BCUT2D eigenvalue weighted by Gasteiger charge is -2.43. The number of thioether (sulfide) groups is 2. The second-order valence-electron chi connectivity index (χ2n) is 5.93. The van der Waals surface area contributed by atoms with Gasteiger partial charge in [-0.25, -0.2) is 0 Å². The first-order valence-corrected chi connectivity index (χ1v) is 10.0. The van der Waals surface area contributed by atoms with Gasteiger partial charge in [0.25, 0.3) is 0 Å². The molecule has 0 aromatic heterocycles. The highest BCUT2D eigenvalue weighted by atomic mass is 32.2. The molecule has 3 aliphatic rings. The van der Waals surface area contributed by atoms with Crippen LogP contribution in [0.5, 0.6) is 0 Å². The van der Waals surface area contributed by atoms with Crippen LogP contribution < -0.4 is 0 Å². The topological polar surface area (TPSA) is 6.48 Å². The maximum absolute atomic E-state index is 5.60. The zero-order valence-corrected chi connectivity index (χ0v) is 14.0. The third kappa shape index (κ3) is 3.80. The third-order valence-electron chi connectivity index (χ3n) is 4.46. The molecule has 0 bridgehead atoms. The molecule has 0 radical (unpaired) electrons. The Hall–Kier alpha value is 0.550. The van der Waals surface area contributed by atoms with Crippen molar-refractivity contribution in [2.45, 2.75) is 56.2 Å². The van der Waals surface area contributed by atoms with Crippen molar-refractivity contribution >= 4 is 40.1 Å². The lowest BCUT2D eigenvalue weighted by molar-refractivity contribution is 0.151. The average Bonchev–Trinajstić information content (AvgIpc) is 2.95. The van der Waals surface area contributed by atoms with Gasteiger partial charge in [0.2, 0.25) is 0 Å². The second kappa shape index (κ2) is 7.01. The highest BCUT2D eigenvalue weighted by Gasteiger charge is 2.30. The molecule has 1 aliphatic carbocycles. The van der Waals surface area contributed by atoms with Crippen molar-refractivity contribution < 1.29 is 0 Å². The van der Waals surface area contributed by atoms with Crippen LogP contribution >= 0.6 is 35.7 Å². The summed E-state index contributed by atoms with van der Waals surface area (Å²) in [5, 5.41) is 0.875. The Morgan fingerprint density at radius 1 is 1.11 bits per heavy atom. The highest BCUT2D eigenvalue weighted by molar-refractivity contribution is 8.22. The lowest BCUT2D eigenvalue weighted by atomic mass is 9.95. The molecular weight excluding hydrogens is 292 g/mol. The predicted molar refractivity (Wildman–Crippen MR) is 90.8 cm³/mol. The molecule has 0 spiro atoms. The minimum Gasteiger partial charge on any atom is -0.341 e. The Labute approximate surface area is 131 Å². The van der Waals surface area contributed by atoms with Gasteiger partial charge < -0.3 is 4.90 Å². The minimum absolute atomic E-state index is 0.729. The Morgan fingerprint density at radius 2 is 1.95 bits per heavy atom. The molecule has 1 unspecified atom stereocenters. The van der Waals surface area contributed by atoms with Crippen LogP contribution in [-0.2, 0) is 0 Å². The van der Waals surface area contributed by atoms with E-state index in [4.69, 9.17) is 12.2 Å². The van der Waals surface area contributed by atoms with E-state index in [0.29, 0.717) is 0 Å². The van der Waals surface area contributed by atoms with E-state index in [2.05, 4.69) is 21.6 Å². The van der Waals surface area contributed by atoms with Gasteiger partial charge in [-0.2, -0.15) is 11.8 Å². The fraction of sp³-hybridized carbons (Fsp3) is 0.929. The smallest absolute Gasteiger partial charge is 0.138 e. The molecule has 2 aliphatic heterocycles. The van der Waals surface area contributed by atoms with Crippen LogP contribution in [0.1, 0.15) is 44.9 Å². The van der Waals surface area contributed by atoms with Gasteiger partial charge in [0, 0.05) is 17.8 Å². The van der Waals surface area contributed by atoms with Gasteiger partial charge >= 0.3 is 0 Å². The molecular formula is C14H24N2S3. The fourth-order valence-corrected chi connectivity index (χ4v) is 5.92. The predicted octanol–water partition coefficient (Wildman–Crippen LogP) is 3.77. The van der Waals surface area contributed by atoms with E-state index in [-0.39, 0.29) is 0 Å². The molecule has 108 valence electrons. The molecule has 19 heavy (non-hydrogen) atoms. The van der Waals surface area contributed by atoms with Crippen molar-refractivity contribution in [3.8, 4) is 0 Å². The first kappa shape index (κ1) is 14.5. The number of hydrogen-bond acceptors (Lipinski definition) is 4. The number of thiocarbonyl (C=S) groups is 1. The van der Waals surface area contributed by atoms with E-state index < -0.39 is 0 Å². The fourth-order valence-electron chi connectivity index (χ4n) is 3.39. The Balaban J connectivity index is 1.55. The summed E-state index contributed by atoms with van der Waals surface area (Å²) >= 11 is 9.66. The zero-order chi connectivity index (χ0) is 13.1. The van der Waals surface area contributed by atoms with E-state index in [1.54, 1.807) is 0 Å². The van der Waals surface area contributed by atoms with Crippen molar-refractivity contribution in [3.05, 3.63) is 0 Å². The van der Waals surface area contributed by atoms with Crippen LogP contribution in [-0.4, -0.2) is 50.3 Å². The van der Waals surface area contributed by atoms with Crippen molar-refractivity contribution in [2.75, 3.05) is 24.8 Å². The van der Waals surface area contributed by atoms with Gasteiger partial charge in [0.05, 0.1) is 12.5 Å². The maximum Gasteiger partial charge on any atom is 0.138 e. The van der Waals surface area contributed by atoms with Gasteiger partial charge in [-0.1, -0.05) is 43.2 Å². The zero-order valence-electron chi connectivity index (χ0n) is 11.6. The molecule has 3 rings (SSSR count). The van der Waals surface area contributed by atoms with E-state index in [1.165, 1.54) is 57.2 Å². The van der Waals surface area contributed by atoms with Crippen molar-refractivity contribution in [3.63, 3.8) is 0 Å². The van der Waals surface area contributed by atoms with Crippen LogP contribution in [0.4, 0.5) is 0 Å². The first-order valence-electron chi connectivity index (χ1n) is 7.60. The largest absolute Gasteiger partial charge is 0.341 e. The van der Waals surface area contributed by atoms with Crippen molar-refractivity contribution in [1.82, 2.24) is 9.80 Å². The number of hydrogen-bond donors (Lipinski definition) is 0. The molecule has 2 saturated heterocycles. The van der Waals surface area contributed by atoms with Crippen LogP contribution in [0.15, 0.2) is 0 Å². The SMILES string of the molecule is S=C1SCN(CC2CCCS2)CN1C1CCCCC1. The maximum atomic E-state index is 5.60. The Kier molecular flexibility index (Phi) is 5.34. The van der Waals surface area contributed by atoms with Gasteiger partial charge in [-0.15, -0.1) is 0 Å². The first-order chi connectivity index (χ1) is 9.33. The Bertz CT molecular complexity index is 312. The van der Waals surface area contributed by atoms with Crippen LogP contribution in [0.25, 0.3) is 0 Å². The molecule has 0 amide bonds. The van der Waals surface area contributed by atoms with Crippen LogP contribution in [0.2, 0.25) is 0 Å². The number of nitrogens with zero attached hydrogens (tertiary/aromatic N) is 2. The molecule has 3 fully saturated rings. The standard InChI is InChI=1S/C14H24N2S3/c17-14-16(12-5-2-1-3-6-12)10-15(11-19-14)9-13-7-4-8-18-13/h12-13H,1-11H2. The summed E-state index contributed by atoms with van der Waals surface area (Å²) in [7, 11) is 0. The van der Waals surface area contributed by atoms with E-state index in [1.807, 2.05) is 11.8 Å². The molecule has 2 heterocycles. The summed E-state index contributed by atoms with van der Waals surface area (Å²) in [6.07, 6.45) is 9.76. The van der Waals surface area contributed by atoms with Gasteiger partial charge in [0.15, 0.2) is 0 Å². The van der Waals surface area contributed by atoms with E-state index >= 15 is 0 Å². The molecule has 0 N–H and O–H groups in total. The summed E-state index contributed by atoms with van der Waals surface area (Å²) in [5.41, 5.74) is 0.